The van der Waals surface area contributed by atoms with Crippen LogP contribution >= 0.6 is 0 Å². The Balaban J connectivity index is 1.59. The smallest absolute Gasteiger partial charge is 0.319 e. The van der Waals surface area contributed by atoms with E-state index in [1.807, 2.05) is 12.1 Å². The van der Waals surface area contributed by atoms with Crippen molar-refractivity contribution in [1.29, 1.82) is 0 Å². The van der Waals surface area contributed by atoms with Gasteiger partial charge in [0.2, 0.25) is 11.9 Å². The third-order valence-electron chi connectivity index (χ3n) is 5.51. The van der Waals surface area contributed by atoms with E-state index in [4.69, 9.17) is 25.7 Å². The van der Waals surface area contributed by atoms with Crippen LogP contribution in [0, 0.1) is 24.2 Å². The van der Waals surface area contributed by atoms with Gasteiger partial charge in [0.05, 0.1) is 26.4 Å². The van der Waals surface area contributed by atoms with E-state index >= 15 is 0 Å². The SMILES string of the molecule is COc1cc(Cc2cnc(N)nc2N)cc(C#Cc2cccc(NC(=O)C3[C]CCOC3=O)c2)c1OC. The maximum absolute atomic E-state index is 12.5. The molecule has 1 amide bonds. The lowest BCUT2D eigenvalue weighted by Gasteiger charge is -2.19. The molecule has 2 radical (unpaired) electrons. The van der Waals surface area contributed by atoms with Gasteiger partial charge in [-0.15, -0.1) is 0 Å². The van der Waals surface area contributed by atoms with Gasteiger partial charge in [-0.05, 0) is 42.3 Å². The van der Waals surface area contributed by atoms with Gasteiger partial charge < -0.3 is 31.0 Å². The number of nitrogens with one attached hydrogen (secondary N) is 1. The van der Waals surface area contributed by atoms with E-state index < -0.39 is 17.8 Å². The van der Waals surface area contributed by atoms with Crippen molar-refractivity contribution < 1.29 is 23.8 Å². The molecule has 3 aromatic rings. The first-order chi connectivity index (χ1) is 17.9. The van der Waals surface area contributed by atoms with Crippen LogP contribution in [0.3, 0.4) is 0 Å². The highest BCUT2D eigenvalue weighted by Crippen LogP contribution is 2.33. The predicted molar refractivity (Wildman–Crippen MR) is 137 cm³/mol. The number of nitrogens with zero attached hydrogens (tertiary/aromatic N) is 2. The Hall–Kier alpha value is -4.78. The minimum Gasteiger partial charge on any atom is -0.493 e. The fourth-order valence-electron chi connectivity index (χ4n) is 3.76. The number of nitrogens with two attached hydrogens (primary N) is 2. The fraction of sp³-hybridized carbons (Fsp3) is 0.222. The molecule has 1 atom stereocenters. The van der Waals surface area contributed by atoms with Crippen LogP contribution in [0.2, 0.25) is 0 Å². The van der Waals surface area contributed by atoms with Crippen LogP contribution in [0.4, 0.5) is 17.5 Å². The highest BCUT2D eigenvalue weighted by Gasteiger charge is 2.31. The topological polar surface area (TPSA) is 152 Å². The standard InChI is InChI=1S/C27H25N5O5/c1-35-22-14-17(12-19-15-30-27(29)32-24(19)28)11-18(23(22)36-2)9-8-16-5-3-6-20(13-16)31-25(33)21-7-4-10-37-26(21)34/h3,5-6,11,13-15,21H,4,10,12H2,1-2H3,(H,31,33)(H4,28,29,30,32). The van der Waals surface area contributed by atoms with Gasteiger partial charge in [-0.3, -0.25) is 9.59 Å². The van der Waals surface area contributed by atoms with Crippen molar-refractivity contribution in [2.24, 2.45) is 5.92 Å². The number of nitrogen functional groups attached to an aromatic ring is 2. The highest BCUT2D eigenvalue weighted by molar-refractivity contribution is 6.06. The van der Waals surface area contributed by atoms with Crippen LogP contribution in [0.1, 0.15) is 28.7 Å². The number of aromatic nitrogens is 2. The Labute approximate surface area is 214 Å². The molecule has 1 saturated heterocycles. The van der Waals surface area contributed by atoms with Crippen molar-refractivity contribution in [3.05, 3.63) is 71.3 Å². The first-order valence-corrected chi connectivity index (χ1v) is 11.3. The van der Waals surface area contributed by atoms with Crippen LogP contribution in [-0.4, -0.2) is 42.7 Å². The predicted octanol–water partition coefficient (Wildman–Crippen LogP) is 2.23. The Kier molecular flexibility index (Phi) is 7.74. The largest absolute Gasteiger partial charge is 0.493 e. The van der Waals surface area contributed by atoms with E-state index in [9.17, 15) is 9.59 Å². The van der Waals surface area contributed by atoms with Gasteiger partial charge in [0.25, 0.3) is 0 Å². The summed E-state index contributed by atoms with van der Waals surface area (Å²) in [4.78, 5) is 32.3. The maximum Gasteiger partial charge on any atom is 0.319 e. The highest BCUT2D eigenvalue weighted by atomic mass is 16.5. The van der Waals surface area contributed by atoms with Gasteiger partial charge in [-0.1, -0.05) is 17.9 Å². The third-order valence-corrected chi connectivity index (χ3v) is 5.51. The molecular formula is C27H25N5O5. The van der Waals surface area contributed by atoms with Gasteiger partial charge >= 0.3 is 5.97 Å². The Morgan fingerprint density at radius 2 is 2.05 bits per heavy atom. The maximum atomic E-state index is 12.5. The summed E-state index contributed by atoms with van der Waals surface area (Å²) >= 11 is 0. The summed E-state index contributed by atoms with van der Waals surface area (Å²) in [5.41, 5.74) is 14.9. The summed E-state index contributed by atoms with van der Waals surface area (Å²) < 4.78 is 16.0. The normalized spacial score (nSPS) is 14.6. The molecule has 1 fully saturated rings. The van der Waals surface area contributed by atoms with E-state index in [0.29, 0.717) is 52.5 Å². The Bertz CT molecular complexity index is 1400. The summed E-state index contributed by atoms with van der Waals surface area (Å²) in [5, 5.41) is 2.72. The molecule has 10 heteroatoms. The zero-order chi connectivity index (χ0) is 26.4. The van der Waals surface area contributed by atoms with Crippen LogP contribution in [0.5, 0.6) is 11.5 Å². The van der Waals surface area contributed by atoms with Crippen LogP contribution in [0.25, 0.3) is 0 Å². The molecule has 1 unspecified atom stereocenters. The van der Waals surface area contributed by atoms with Gasteiger partial charge in [-0.25, -0.2) is 4.98 Å². The average Bonchev–Trinajstić information content (AvgIpc) is 2.89. The monoisotopic (exact) mass is 499 g/mol. The first kappa shape index (κ1) is 25.3. The average molecular weight is 500 g/mol. The van der Waals surface area contributed by atoms with E-state index in [1.165, 1.54) is 7.11 Å². The summed E-state index contributed by atoms with van der Waals surface area (Å²) in [6.07, 6.45) is 5.27. The zero-order valence-corrected chi connectivity index (χ0v) is 20.3. The number of methoxy groups -OCH3 is 2. The number of ether oxygens (including phenoxy) is 3. The van der Waals surface area contributed by atoms with E-state index in [1.54, 1.807) is 37.6 Å². The number of hydrogen-bond acceptors (Lipinski definition) is 9. The molecule has 4 rings (SSSR count). The van der Waals surface area contributed by atoms with Crippen LogP contribution < -0.4 is 26.3 Å². The fourth-order valence-corrected chi connectivity index (χ4v) is 3.76. The van der Waals surface area contributed by atoms with Crippen molar-refractivity contribution in [3.63, 3.8) is 0 Å². The molecule has 5 N–H and O–H groups in total. The van der Waals surface area contributed by atoms with Crippen LogP contribution in [0.15, 0.2) is 42.6 Å². The van der Waals surface area contributed by atoms with Crippen molar-refractivity contribution in [2.75, 3.05) is 37.6 Å². The van der Waals surface area contributed by atoms with Crippen molar-refractivity contribution in [3.8, 4) is 23.3 Å². The minimum absolute atomic E-state index is 0.105. The van der Waals surface area contributed by atoms with E-state index in [2.05, 4.69) is 33.5 Å². The van der Waals surface area contributed by atoms with Gasteiger partial charge in [0, 0.05) is 35.9 Å². The second kappa shape index (κ2) is 11.3. The second-order valence-corrected chi connectivity index (χ2v) is 8.07. The van der Waals surface area contributed by atoms with Crippen LogP contribution in [-0.2, 0) is 20.7 Å². The molecule has 1 aliphatic heterocycles. The van der Waals surface area contributed by atoms with Crippen molar-refractivity contribution >= 4 is 29.3 Å². The molecule has 37 heavy (non-hydrogen) atoms. The number of cyclic esters (lactones) is 1. The number of esters is 1. The summed E-state index contributed by atoms with van der Waals surface area (Å²) in [7, 11) is 3.08. The summed E-state index contributed by atoms with van der Waals surface area (Å²) in [6.45, 7) is 0.240. The lowest BCUT2D eigenvalue weighted by Crippen LogP contribution is -2.35. The third kappa shape index (κ3) is 6.08. The second-order valence-electron chi connectivity index (χ2n) is 8.07. The van der Waals surface area contributed by atoms with Crippen molar-refractivity contribution in [2.45, 2.75) is 12.8 Å². The minimum atomic E-state index is -1.05. The number of rotatable bonds is 6. The molecule has 0 saturated carbocycles. The number of carbonyl (C=O) groups is 2. The molecular weight excluding hydrogens is 474 g/mol. The molecule has 1 aliphatic rings. The van der Waals surface area contributed by atoms with E-state index in [0.717, 1.165) is 5.56 Å². The summed E-state index contributed by atoms with van der Waals surface area (Å²) in [5.74, 6) is 5.44. The number of benzene rings is 2. The summed E-state index contributed by atoms with van der Waals surface area (Å²) in [6, 6.07) is 10.7. The zero-order valence-electron chi connectivity index (χ0n) is 20.3. The van der Waals surface area contributed by atoms with E-state index in [-0.39, 0.29) is 12.6 Å². The molecule has 0 spiro atoms. The van der Waals surface area contributed by atoms with Gasteiger partial charge in [-0.2, -0.15) is 4.98 Å². The number of carbonyl (C=O) groups excluding carboxylic acids is 2. The van der Waals surface area contributed by atoms with Crippen molar-refractivity contribution in [1.82, 2.24) is 9.97 Å². The lowest BCUT2D eigenvalue weighted by molar-refractivity contribution is -0.152. The molecule has 1 aromatic heterocycles. The molecule has 0 bridgehead atoms. The Morgan fingerprint density at radius 3 is 2.78 bits per heavy atom. The number of amides is 1. The molecule has 2 heterocycles. The number of anilines is 3. The molecule has 2 aromatic carbocycles. The number of hydrogen-bond donors (Lipinski definition) is 3. The quantitative estimate of drug-likeness (QED) is 0.263. The Morgan fingerprint density at radius 1 is 1.22 bits per heavy atom. The lowest BCUT2D eigenvalue weighted by atomic mass is 10.0. The molecule has 188 valence electrons. The van der Waals surface area contributed by atoms with Gasteiger partial charge in [0.1, 0.15) is 11.7 Å². The molecule has 10 nitrogen and oxygen atoms in total. The molecule has 0 aliphatic carbocycles. The first-order valence-electron chi connectivity index (χ1n) is 11.3. The van der Waals surface area contributed by atoms with Gasteiger partial charge in [0.15, 0.2) is 11.5 Å².